The summed E-state index contributed by atoms with van der Waals surface area (Å²) < 4.78 is 0. The van der Waals surface area contributed by atoms with E-state index in [0.717, 1.165) is 31.6 Å². The Bertz CT molecular complexity index is 812. The average Bonchev–Trinajstić information content (AvgIpc) is 3.24. The van der Waals surface area contributed by atoms with Crippen LogP contribution in [-0.4, -0.2) is 29.9 Å². The fourth-order valence-electron chi connectivity index (χ4n) is 5.46. The van der Waals surface area contributed by atoms with Crippen LogP contribution in [-0.2, 0) is 11.3 Å². The van der Waals surface area contributed by atoms with E-state index in [2.05, 4.69) is 73.5 Å². The summed E-state index contributed by atoms with van der Waals surface area (Å²) in [5.41, 5.74) is 2.38. The monoisotopic (exact) mass is 390 g/mol. The Morgan fingerprint density at radius 2 is 1.66 bits per heavy atom. The van der Waals surface area contributed by atoms with Crippen molar-refractivity contribution in [2.75, 3.05) is 13.1 Å². The van der Waals surface area contributed by atoms with Crippen molar-refractivity contribution in [2.45, 2.75) is 52.1 Å². The first-order chi connectivity index (χ1) is 13.9. The van der Waals surface area contributed by atoms with Gasteiger partial charge in [-0.25, -0.2) is 0 Å². The van der Waals surface area contributed by atoms with E-state index in [0.29, 0.717) is 17.9 Å². The number of likely N-dealkylation sites (tertiary alicyclic amines) is 1. The van der Waals surface area contributed by atoms with Crippen molar-refractivity contribution >= 4 is 5.91 Å². The molecule has 1 saturated carbocycles. The summed E-state index contributed by atoms with van der Waals surface area (Å²) in [5, 5.41) is 3.47. The Labute approximate surface area is 175 Å². The molecule has 2 aliphatic rings. The van der Waals surface area contributed by atoms with Gasteiger partial charge in [0.2, 0.25) is 5.91 Å². The molecule has 4 atom stereocenters. The van der Waals surface area contributed by atoms with E-state index >= 15 is 0 Å². The molecule has 2 fully saturated rings. The Kier molecular flexibility index (Phi) is 5.78. The van der Waals surface area contributed by atoms with Gasteiger partial charge in [-0.3, -0.25) is 9.69 Å². The second-order valence-corrected chi connectivity index (χ2v) is 10.0. The first-order valence-electron chi connectivity index (χ1n) is 11.0. The molecule has 1 saturated heterocycles. The lowest BCUT2D eigenvalue weighted by Crippen LogP contribution is -2.44. The maximum atomic E-state index is 13.4. The molecule has 1 heterocycles. The van der Waals surface area contributed by atoms with Crippen LogP contribution in [0.2, 0.25) is 0 Å². The number of hydrogen-bond acceptors (Lipinski definition) is 2. The molecule has 1 aliphatic carbocycles. The van der Waals surface area contributed by atoms with E-state index in [1.165, 1.54) is 12.0 Å². The van der Waals surface area contributed by atoms with Crippen molar-refractivity contribution in [2.24, 2.45) is 17.3 Å². The summed E-state index contributed by atoms with van der Waals surface area (Å²) in [4.78, 5) is 16.0. The Hall–Kier alpha value is -2.13. The van der Waals surface area contributed by atoms with Crippen molar-refractivity contribution in [1.29, 1.82) is 0 Å². The van der Waals surface area contributed by atoms with E-state index in [9.17, 15) is 4.79 Å². The average molecular weight is 391 g/mol. The minimum Gasteiger partial charge on any atom is -0.352 e. The lowest BCUT2D eigenvalue weighted by atomic mass is 9.75. The molecule has 154 valence electrons. The van der Waals surface area contributed by atoms with Crippen LogP contribution in [0, 0.1) is 17.3 Å². The number of amides is 1. The van der Waals surface area contributed by atoms with Gasteiger partial charge in [0.1, 0.15) is 0 Å². The Balaban J connectivity index is 1.42. The number of nitrogens with zero attached hydrogens (tertiary/aromatic N) is 1. The van der Waals surface area contributed by atoms with Gasteiger partial charge < -0.3 is 5.32 Å². The summed E-state index contributed by atoms with van der Waals surface area (Å²) >= 11 is 0. The summed E-state index contributed by atoms with van der Waals surface area (Å²) in [6.07, 6.45) is 2.35. The molecule has 1 unspecified atom stereocenters. The third-order valence-electron chi connectivity index (χ3n) is 6.77. The molecule has 29 heavy (non-hydrogen) atoms. The predicted molar refractivity (Wildman–Crippen MR) is 119 cm³/mol. The molecule has 3 heteroatoms. The van der Waals surface area contributed by atoms with Crippen LogP contribution in [0.1, 0.15) is 50.7 Å². The van der Waals surface area contributed by atoms with Crippen LogP contribution in [0.3, 0.4) is 0 Å². The van der Waals surface area contributed by atoms with Gasteiger partial charge in [0, 0.05) is 25.7 Å². The van der Waals surface area contributed by atoms with Crippen LogP contribution in [0.15, 0.2) is 60.7 Å². The number of carbonyl (C=O) groups excluding carboxylic acids is 1. The molecule has 0 bridgehead atoms. The third kappa shape index (κ3) is 4.56. The van der Waals surface area contributed by atoms with Crippen LogP contribution < -0.4 is 5.32 Å². The largest absolute Gasteiger partial charge is 0.352 e. The minimum atomic E-state index is -0.121. The second kappa shape index (κ2) is 8.31. The first-order valence-corrected chi connectivity index (χ1v) is 11.0. The van der Waals surface area contributed by atoms with Gasteiger partial charge in [-0.05, 0) is 41.2 Å². The van der Waals surface area contributed by atoms with Gasteiger partial charge in [-0.2, -0.15) is 0 Å². The lowest BCUT2D eigenvalue weighted by Gasteiger charge is -2.32. The van der Waals surface area contributed by atoms with Gasteiger partial charge in [-0.15, -0.1) is 0 Å². The number of benzene rings is 2. The molecule has 0 aromatic heterocycles. The molecular weight excluding hydrogens is 356 g/mol. The van der Waals surface area contributed by atoms with Crippen molar-refractivity contribution < 1.29 is 4.79 Å². The summed E-state index contributed by atoms with van der Waals surface area (Å²) in [7, 11) is 0. The molecule has 4 rings (SSSR count). The van der Waals surface area contributed by atoms with Gasteiger partial charge in [0.15, 0.2) is 0 Å². The number of nitrogens with one attached hydrogen (secondary N) is 1. The van der Waals surface area contributed by atoms with Crippen LogP contribution in [0.4, 0.5) is 0 Å². The standard InChI is InChI=1S/C26H34N2O/c1-26(2,3)24(20-12-8-5-9-13-20)25(29)27-23-15-14-21-17-28(18-22(21)23)16-19-10-6-4-7-11-19/h4-13,21-24H,14-18H2,1-3H3,(H,27,29)/t21-,22+,23+,24?/m0/s1. The minimum absolute atomic E-state index is 0.113. The third-order valence-corrected chi connectivity index (χ3v) is 6.77. The molecule has 1 amide bonds. The Morgan fingerprint density at radius 3 is 2.31 bits per heavy atom. The smallest absolute Gasteiger partial charge is 0.228 e. The molecule has 0 spiro atoms. The number of carbonyl (C=O) groups is 1. The first kappa shape index (κ1) is 20.2. The van der Waals surface area contributed by atoms with E-state index in [1.54, 1.807) is 0 Å². The van der Waals surface area contributed by atoms with E-state index in [4.69, 9.17) is 0 Å². The van der Waals surface area contributed by atoms with E-state index in [1.807, 2.05) is 18.2 Å². The molecule has 1 N–H and O–H groups in total. The molecular formula is C26H34N2O. The highest BCUT2D eigenvalue weighted by molar-refractivity contribution is 5.84. The second-order valence-electron chi connectivity index (χ2n) is 10.0. The molecule has 1 aliphatic heterocycles. The fourth-order valence-corrected chi connectivity index (χ4v) is 5.46. The van der Waals surface area contributed by atoms with Gasteiger partial charge in [-0.1, -0.05) is 81.4 Å². The maximum Gasteiger partial charge on any atom is 0.228 e. The topological polar surface area (TPSA) is 32.3 Å². The van der Waals surface area contributed by atoms with Crippen LogP contribution in [0.25, 0.3) is 0 Å². The number of hydrogen-bond donors (Lipinski definition) is 1. The van der Waals surface area contributed by atoms with Crippen molar-refractivity contribution in [3.63, 3.8) is 0 Å². The zero-order valence-corrected chi connectivity index (χ0v) is 18.0. The maximum absolute atomic E-state index is 13.4. The molecule has 2 aromatic carbocycles. The highest BCUT2D eigenvalue weighted by Crippen LogP contribution is 2.40. The van der Waals surface area contributed by atoms with Crippen LogP contribution >= 0.6 is 0 Å². The quantitative estimate of drug-likeness (QED) is 0.792. The molecule has 3 nitrogen and oxygen atoms in total. The molecule has 2 aromatic rings. The SMILES string of the molecule is CC(C)(C)C(C(=O)N[C@@H]1CC[C@H]2CN(Cc3ccccc3)C[C@H]21)c1ccccc1. The zero-order chi connectivity index (χ0) is 20.4. The number of rotatable bonds is 5. The summed E-state index contributed by atoms with van der Waals surface area (Å²) in [5.74, 6) is 1.37. The summed E-state index contributed by atoms with van der Waals surface area (Å²) in [6.45, 7) is 9.77. The summed E-state index contributed by atoms with van der Waals surface area (Å²) in [6, 6.07) is 21.3. The number of fused-ring (bicyclic) bond motifs is 1. The molecule has 0 radical (unpaired) electrons. The van der Waals surface area contributed by atoms with Gasteiger partial charge in [0.25, 0.3) is 0 Å². The van der Waals surface area contributed by atoms with E-state index < -0.39 is 0 Å². The van der Waals surface area contributed by atoms with Crippen molar-refractivity contribution in [3.05, 3.63) is 71.8 Å². The fraction of sp³-hybridized carbons (Fsp3) is 0.500. The predicted octanol–water partition coefficient (Wildman–Crippen LogP) is 4.84. The lowest BCUT2D eigenvalue weighted by molar-refractivity contribution is -0.125. The van der Waals surface area contributed by atoms with Gasteiger partial charge in [0.05, 0.1) is 5.92 Å². The Morgan fingerprint density at radius 1 is 1.00 bits per heavy atom. The van der Waals surface area contributed by atoms with E-state index in [-0.39, 0.29) is 17.2 Å². The highest BCUT2D eigenvalue weighted by Gasteiger charge is 2.44. The van der Waals surface area contributed by atoms with Crippen molar-refractivity contribution in [3.8, 4) is 0 Å². The highest BCUT2D eigenvalue weighted by atomic mass is 16.2. The van der Waals surface area contributed by atoms with Crippen molar-refractivity contribution in [1.82, 2.24) is 10.2 Å². The normalized spacial score (nSPS) is 25.6. The van der Waals surface area contributed by atoms with Crippen LogP contribution in [0.5, 0.6) is 0 Å². The van der Waals surface area contributed by atoms with Gasteiger partial charge >= 0.3 is 0 Å². The zero-order valence-electron chi connectivity index (χ0n) is 18.0.